The van der Waals surface area contributed by atoms with Crippen LogP contribution in [-0.2, 0) is 6.18 Å². The van der Waals surface area contributed by atoms with Gasteiger partial charge in [0.25, 0.3) is 0 Å². The fourth-order valence-corrected chi connectivity index (χ4v) is 2.55. The van der Waals surface area contributed by atoms with Crippen molar-refractivity contribution >= 4 is 11.3 Å². The monoisotopic (exact) mass is 304 g/mol. The zero-order valence-corrected chi connectivity index (χ0v) is 11.6. The summed E-state index contributed by atoms with van der Waals surface area (Å²) in [6.45, 7) is 1.86. The molecule has 0 saturated carbocycles. The van der Waals surface area contributed by atoms with Crippen LogP contribution in [0.5, 0.6) is 0 Å². The maximum absolute atomic E-state index is 13.7. The van der Waals surface area contributed by atoms with Crippen LogP contribution in [0.25, 0.3) is 10.6 Å². The predicted octanol–water partition coefficient (Wildman–Crippen LogP) is 4.25. The molecule has 0 saturated heterocycles. The lowest BCUT2D eigenvalue weighted by atomic mass is 10.1. The van der Waals surface area contributed by atoms with Gasteiger partial charge in [0.2, 0.25) is 0 Å². The lowest BCUT2D eigenvalue weighted by Gasteiger charge is -2.08. The van der Waals surface area contributed by atoms with Crippen LogP contribution in [-0.4, -0.2) is 12.0 Å². The van der Waals surface area contributed by atoms with E-state index in [1.807, 2.05) is 6.92 Å². The number of aromatic nitrogens is 1. The molecule has 7 heteroatoms. The van der Waals surface area contributed by atoms with Crippen molar-refractivity contribution < 1.29 is 17.6 Å². The third kappa shape index (κ3) is 2.99. The third-order valence-corrected chi connectivity index (χ3v) is 3.82. The molecule has 1 N–H and O–H groups in total. The van der Waals surface area contributed by atoms with Crippen LogP contribution in [0.2, 0.25) is 0 Å². The van der Waals surface area contributed by atoms with Crippen molar-refractivity contribution in [3.05, 3.63) is 40.7 Å². The molecule has 108 valence electrons. The number of alkyl halides is 3. The van der Waals surface area contributed by atoms with E-state index in [4.69, 9.17) is 0 Å². The summed E-state index contributed by atoms with van der Waals surface area (Å²) in [5.74, 6) is -0.712. The van der Waals surface area contributed by atoms with Gasteiger partial charge in [-0.25, -0.2) is 9.37 Å². The van der Waals surface area contributed by atoms with Gasteiger partial charge in [0.1, 0.15) is 10.8 Å². The van der Waals surface area contributed by atoms with Crippen molar-refractivity contribution in [2.45, 2.75) is 19.1 Å². The molecule has 0 amide bonds. The standard InChI is InChI=1S/C13H12F4N2S/c1-7(18-2)11-6-20-12(19-11)9-5-8(13(15,16)17)3-4-10(9)14/h3-7,18H,1-2H3. The van der Waals surface area contributed by atoms with E-state index in [9.17, 15) is 17.6 Å². The number of thiazole rings is 1. The molecule has 2 rings (SSSR count). The minimum Gasteiger partial charge on any atom is -0.312 e. The maximum atomic E-state index is 13.7. The quantitative estimate of drug-likeness (QED) is 0.858. The molecule has 0 radical (unpaired) electrons. The van der Waals surface area contributed by atoms with Gasteiger partial charge in [-0.2, -0.15) is 13.2 Å². The zero-order valence-electron chi connectivity index (χ0n) is 10.8. The molecule has 1 heterocycles. The van der Waals surface area contributed by atoms with E-state index in [2.05, 4.69) is 10.3 Å². The van der Waals surface area contributed by atoms with Crippen molar-refractivity contribution in [2.24, 2.45) is 0 Å². The first kappa shape index (κ1) is 14.9. The lowest BCUT2D eigenvalue weighted by molar-refractivity contribution is -0.137. The van der Waals surface area contributed by atoms with Gasteiger partial charge in [0.15, 0.2) is 0 Å². The third-order valence-electron chi connectivity index (χ3n) is 2.92. The first-order valence-electron chi connectivity index (χ1n) is 5.82. The number of halogens is 4. The van der Waals surface area contributed by atoms with Crippen molar-refractivity contribution in [1.29, 1.82) is 0 Å². The maximum Gasteiger partial charge on any atom is 0.416 e. The fourth-order valence-electron chi connectivity index (χ4n) is 1.62. The van der Waals surface area contributed by atoms with Gasteiger partial charge < -0.3 is 5.32 Å². The number of nitrogens with one attached hydrogen (secondary N) is 1. The Morgan fingerprint density at radius 3 is 2.60 bits per heavy atom. The normalized spacial score (nSPS) is 13.5. The van der Waals surface area contributed by atoms with Crippen LogP contribution in [0.15, 0.2) is 23.6 Å². The summed E-state index contributed by atoms with van der Waals surface area (Å²) >= 11 is 1.12. The Bertz CT molecular complexity index is 607. The van der Waals surface area contributed by atoms with Gasteiger partial charge >= 0.3 is 6.18 Å². The second kappa shape index (κ2) is 5.49. The molecule has 0 fully saturated rings. The van der Waals surface area contributed by atoms with E-state index >= 15 is 0 Å². The second-order valence-corrected chi connectivity index (χ2v) is 5.14. The van der Waals surface area contributed by atoms with Gasteiger partial charge in [0.05, 0.1) is 11.3 Å². The second-order valence-electron chi connectivity index (χ2n) is 4.28. The molecule has 0 spiro atoms. The number of hydrogen-bond donors (Lipinski definition) is 1. The number of hydrogen-bond acceptors (Lipinski definition) is 3. The average molecular weight is 304 g/mol. The summed E-state index contributed by atoms with van der Waals surface area (Å²) in [6, 6.07) is 2.29. The molecule has 2 aromatic rings. The van der Waals surface area contributed by atoms with Crippen LogP contribution >= 0.6 is 11.3 Å². The van der Waals surface area contributed by atoms with Crippen LogP contribution in [0.3, 0.4) is 0 Å². The topological polar surface area (TPSA) is 24.9 Å². The van der Waals surface area contributed by atoms with Crippen molar-refractivity contribution in [3.8, 4) is 10.6 Å². The van der Waals surface area contributed by atoms with E-state index in [1.54, 1.807) is 12.4 Å². The summed E-state index contributed by atoms with van der Waals surface area (Å²) in [6.07, 6.45) is -4.50. The summed E-state index contributed by atoms with van der Waals surface area (Å²) < 4.78 is 51.7. The van der Waals surface area contributed by atoms with E-state index < -0.39 is 17.6 Å². The highest BCUT2D eigenvalue weighted by Crippen LogP contribution is 2.35. The Morgan fingerprint density at radius 1 is 1.30 bits per heavy atom. The molecule has 20 heavy (non-hydrogen) atoms. The zero-order chi connectivity index (χ0) is 14.9. The Hall–Kier alpha value is -1.47. The SMILES string of the molecule is CNC(C)c1csc(-c2cc(C(F)(F)F)ccc2F)n1. The molecule has 1 aromatic carbocycles. The molecule has 2 nitrogen and oxygen atoms in total. The Kier molecular flexibility index (Phi) is 4.10. The molecule has 0 aliphatic carbocycles. The van der Waals surface area contributed by atoms with E-state index in [0.29, 0.717) is 5.69 Å². The van der Waals surface area contributed by atoms with Gasteiger partial charge in [-0.15, -0.1) is 11.3 Å². The fraction of sp³-hybridized carbons (Fsp3) is 0.308. The first-order valence-corrected chi connectivity index (χ1v) is 6.70. The Balaban J connectivity index is 2.44. The number of nitrogens with zero attached hydrogens (tertiary/aromatic N) is 1. The van der Waals surface area contributed by atoms with Crippen LogP contribution in [0.4, 0.5) is 17.6 Å². The van der Waals surface area contributed by atoms with Gasteiger partial charge in [-0.3, -0.25) is 0 Å². The molecular weight excluding hydrogens is 292 g/mol. The summed E-state index contributed by atoms with van der Waals surface area (Å²) in [5.41, 5.74) is -0.337. The highest BCUT2D eigenvalue weighted by molar-refractivity contribution is 7.13. The van der Waals surface area contributed by atoms with Crippen LogP contribution in [0, 0.1) is 5.82 Å². The number of rotatable bonds is 3. The largest absolute Gasteiger partial charge is 0.416 e. The molecule has 1 unspecified atom stereocenters. The molecule has 0 aliphatic heterocycles. The molecule has 1 aromatic heterocycles. The average Bonchev–Trinajstić information content (AvgIpc) is 2.86. The Labute approximate surface area is 117 Å². The highest BCUT2D eigenvalue weighted by atomic mass is 32.1. The van der Waals surface area contributed by atoms with Crippen molar-refractivity contribution in [3.63, 3.8) is 0 Å². The van der Waals surface area contributed by atoms with Gasteiger partial charge in [-0.1, -0.05) is 0 Å². The smallest absolute Gasteiger partial charge is 0.312 e. The van der Waals surface area contributed by atoms with Crippen LogP contribution in [0.1, 0.15) is 24.2 Å². The van der Waals surface area contributed by atoms with E-state index in [-0.39, 0.29) is 16.6 Å². The minimum atomic E-state index is -4.50. The first-order chi connectivity index (χ1) is 9.32. The molecule has 0 aliphatic rings. The van der Waals surface area contributed by atoms with Gasteiger partial charge in [0, 0.05) is 17.0 Å². The summed E-state index contributed by atoms with van der Waals surface area (Å²) in [4.78, 5) is 4.18. The van der Waals surface area contributed by atoms with Crippen molar-refractivity contribution in [1.82, 2.24) is 10.3 Å². The van der Waals surface area contributed by atoms with Crippen LogP contribution < -0.4 is 5.32 Å². The van der Waals surface area contributed by atoms with E-state index in [1.165, 1.54) is 0 Å². The minimum absolute atomic E-state index is 0.0474. The lowest BCUT2D eigenvalue weighted by Crippen LogP contribution is -2.12. The highest BCUT2D eigenvalue weighted by Gasteiger charge is 2.31. The van der Waals surface area contributed by atoms with Gasteiger partial charge in [-0.05, 0) is 32.2 Å². The summed E-state index contributed by atoms with van der Waals surface area (Å²) in [7, 11) is 1.74. The van der Waals surface area contributed by atoms with E-state index in [0.717, 1.165) is 29.5 Å². The van der Waals surface area contributed by atoms with Crippen molar-refractivity contribution in [2.75, 3.05) is 7.05 Å². The number of benzene rings is 1. The molecular formula is C13H12F4N2S. The molecule has 0 bridgehead atoms. The summed E-state index contributed by atoms with van der Waals surface area (Å²) in [5, 5.41) is 4.91. The predicted molar refractivity (Wildman–Crippen MR) is 70.0 cm³/mol. The Morgan fingerprint density at radius 2 is 2.00 bits per heavy atom. The molecule has 1 atom stereocenters.